The quantitative estimate of drug-likeness (QED) is 0.160. The fourth-order valence-corrected chi connectivity index (χ4v) is 6.76. The number of benzene rings is 4. The van der Waals surface area contributed by atoms with Gasteiger partial charge < -0.3 is 15.0 Å². The van der Waals surface area contributed by atoms with Gasteiger partial charge in [-0.05, 0) is 73.0 Å². The molecule has 0 unspecified atom stereocenters. The second-order valence-corrected chi connectivity index (χ2v) is 13.2. The van der Waals surface area contributed by atoms with Crippen molar-refractivity contribution in [1.29, 1.82) is 0 Å². The van der Waals surface area contributed by atoms with Crippen LogP contribution in [-0.4, -0.2) is 50.9 Å². The second kappa shape index (κ2) is 16.2. The maximum absolute atomic E-state index is 14.5. The zero-order valence-electron chi connectivity index (χ0n) is 25.4. The number of carbonyl (C=O) groups is 2. The molecule has 0 aromatic heterocycles. The van der Waals surface area contributed by atoms with Crippen LogP contribution in [0.15, 0.2) is 119 Å². The van der Waals surface area contributed by atoms with E-state index in [0.717, 1.165) is 26.3 Å². The average molecular weight is 693 g/mol. The van der Waals surface area contributed by atoms with Crippen LogP contribution in [-0.2, 0) is 32.6 Å². The largest absolute Gasteiger partial charge is 0.494 e. The molecule has 0 aliphatic heterocycles. The molecule has 10 heteroatoms. The minimum atomic E-state index is -4.17. The molecule has 0 heterocycles. The zero-order valence-corrected chi connectivity index (χ0v) is 27.8. The fraction of sp³-hybridized carbons (Fsp3) is 0.257. The minimum absolute atomic E-state index is 0.0479. The summed E-state index contributed by atoms with van der Waals surface area (Å²) >= 11 is 3.50. The standard InChI is InChI=1S/C35H38BrN3O5S/c1-3-22-37-35(41)33(24-27-12-7-5-8-13-27)38(25-28-14-11-15-29(36)23-28)34(40)26-39(30-18-20-31(21-19-30)44-4-2)45(42,43)32-16-9-6-10-17-32/h5-21,23,33H,3-4,22,24-26H2,1-2H3,(H,37,41)/t33-/m0/s1. The van der Waals surface area contributed by atoms with Gasteiger partial charge >= 0.3 is 0 Å². The van der Waals surface area contributed by atoms with Gasteiger partial charge in [0.05, 0.1) is 17.2 Å². The van der Waals surface area contributed by atoms with E-state index in [9.17, 15) is 18.0 Å². The second-order valence-electron chi connectivity index (χ2n) is 10.4. The van der Waals surface area contributed by atoms with Crippen LogP contribution in [0.1, 0.15) is 31.4 Å². The summed E-state index contributed by atoms with van der Waals surface area (Å²) < 4.78 is 35.6. The highest BCUT2D eigenvalue weighted by Gasteiger charge is 2.34. The van der Waals surface area contributed by atoms with Crippen LogP contribution in [0.4, 0.5) is 5.69 Å². The van der Waals surface area contributed by atoms with Crippen LogP contribution < -0.4 is 14.4 Å². The summed E-state index contributed by atoms with van der Waals surface area (Å²) in [5, 5.41) is 2.96. The summed E-state index contributed by atoms with van der Waals surface area (Å²) in [5.74, 6) is -0.241. The number of sulfonamides is 1. The SMILES string of the molecule is CCCNC(=O)[C@H](Cc1ccccc1)N(Cc1cccc(Br)c1)C(=O)CN(c1ccc(OCC)cc1)S(=O)(=O)c1ccccc1. The monoisotopic (exact) mass is 691 g/mol. The Bertz CT molecular complexity index is 1650. The molecule has 4 rings (SSSR count). The zero-order chi connectivity index (χ0) is 32.2. The fourth-order valence-electron chi connectivity index (χ4n) is 4.88. The number of nitrogens with zero attached hydrogens (tertiary/aromatic N) is 2. The van der Waals surface area contributed by atoms with Crippen LogP contribution in [0, 0.1) is 0 Å². The molecule has 1 atom stereocenters. The van der Waals surface area contributed by atoms with E-state index in [1.165, 1.54) is 17.0 Å². The molecule has 0 spiro atoms. The number of nitrogens with one attached hydrogen (secondary N) is 1. The lowest BCUT2D eigenvalue weighted by Gasteiger charge is -2.34. The van der Waals surface area contributed by atoms with Crippen molar-refractivity contribution in [2.45, 2.75) is 44.2 Å². The number of carbonyl (C=O) groups excluding carboxylic acids is 2. The molecular formula is C35H38BrN3O5S. The Morgan fingerprint density at radius 3 is 2.11 bits per heavy atom. The van der Waals surface area contributed by atoms with Gasteiger partial charge in [0.1, 0.15) is 18.3 Å². The summed E-state index contributed by atoms with van der Waals surface area (Å²) in [6.07, 6.45) is 0.981. The van der Waals surface area contributed by atoms with Gasteiger partial charge in [-0.3, -0.25) is 13.9 Å². The van der Waals surface area contributed by atoms with Gasteiger partial charge in [0.2, 0.25) is 11.8 Å². The minimum Gasteiger partial charge on any atom is -0.494 e. The average Bonchev–Trinajstić information content (AvgIpc) is 3.05. The first kappa shape index (κ1) is 33.7. The number of ether oxygens (including phenoxy) is 1. The van der Waals surface area contributed by atoms with Crippen molar-refractivity contribution < 1.29 is 22.7 Å². The molecule has 4 aromatic rings. The Morgan fingerprint density at radius 2 is 1.49 bits per heavy atom. The summed E-state index contributed by atoms with van der Waals surface area (Å²) in [7, 11) is -4.17. The highest BCUT2D eigenvalue weighted by atomic mass is 79.9. The molecule has 0 aliphatic rings. The predicted molar refractivity (Wildman–Crippen MR) is 181 cm³/mol. The lowest BCUT2D eigenvalue weighted by atomic mass is 10.0. The van der Waals surface area contributed by atoms with E-state index in [1.807, 2.05) is 68.4 Å². The number of anilines is 1. The molecule has 8 nitrogen and oxygen atoms in total. The molecule has 0 radical (unpaired) electrons. The van der Waals surface area contributed by atoms with Gasteiger partial charge in [-0.15, -0.1) is 0 Å². The van der Waals surface area contributed by atoms with Crippen molar-refractivity contribution in [3.05, 3.63) is 125 Å². The van der Waals surface area contributed by atoms with Crippen LogP contribution >= 0.6 is 15.9 Å². The first-order chi connectivity index (χ1) is 21.7. The molecule has 1 N–H and O–H groups in total. The maximum atomic E-state index is 14.5. The Labute approximate surface area is 274 Å². The molecule has 0 bridgehead atoms. The first-order valence-corrected chi connectivity index (χ1v) is 17.1. The molecule has 45 heavy (non-hydrogen) atoms. The smallest absolute Gasteiger partial charge is 0.264 e. The lowest BCUT2D eigenvalue weighted by molar-refractivity contribution is -0.140. The van der Waals surface area contributed by atoms with Gasteiger partial charge in [-0.25, -0.2) is 8.42 Å². The summed E-state index contributed by atoms with van der Waals surface area (Å²) in [4.78, 5) is 29.7. The maximum Gasteiger partial charge on any atom is 0.264 e. The molecular weight excluding hydrogens is 654 g/mol. The third-order valence-corrected chi connectivity index (χ3v) is 9.39. The molecule has 0 aliphatic carbocycles. The Kier molecular flexibility index (Phi) is 12.2. The van der Waals surface area contributed by atoms with Crippen molar-refractivity contribution in [2.24, 2.45) is 0 Å². The van der Waals surface area contributed by atoms with Gasteiger partial charge in [-0.2, -0.15) is 0 Å². The number of rotatable bonds is 15. The van der Waals surface area contributed by atoms with Crippen molar-refractivity contribution in [1.82, 2.24) is 10.2 Å². The van der Waals surface area contributed by atoms with E-state index in [1.54, 1.807) is 42.5 Å². The third kappa shape index (κ3) is 9.18. The highest BCUT2D eigenvalue weighted by molar-refractivity contribution is 9.10. The van der Waals surface area contributed by atoms with Crippen molar-refractivity contribution in [3.63, 3.8) is 0 Å². The van der Waals surface area contributed by atoms with Crippen LogP contribution in [0.3, 0.4) is 0 Å². The van der Waals surface area contributed by atoms with Crippen molar-refractivity contribution in [2.75, 3.05) is 24.0 Å². The summed E-state index contributed by atoms with van der Waals surface area (Å²) in [5.41, 5.74) is 1.96. The van der Waals surface area contributed by atoms with Gasteiger partial charge in [0.15, 0.2) is 0 Å². The Hall–Kier alpha value is -4.15. The van der Waals surface area contributed by atoms with Gasteiger partial charge in [0, 0.05) is 24.0 Å². The topological polar surface area (TPSA) is 96.0 Å². The number of hydrogen-bond acceptors (Lipinski definition) is 5. The molecule has 4 aromatic carbocycles. The molecule has 2 amide bonds. The molecule has 0 fully saturated rings. The number of hydrogen-bond donors (Lipinski definition) is 1. The predicted octanol–water partition coefficient (Wildman–Crippen LogP) is 6.21. The van der Waals surface area contributed by atoms with E-state index in [-0.39, 0.29) is 23.8 Å². The van der Waals surface area contributed by atoms with Crippen LogP contribution in [0.25, 0.3) is 0 Å². The van der Waals surface area contributed by atoms with E-state index >= 15 is 0 Å². The van der Waals surface area contributed by atoms with Crippen LogP contribution in [0.5, 0.6) is 5.75 Å². The van der Waals surface area contributed by atoms with Gasteiger partial charge in [0.25, 0.3) is 10.0 Å². The van der Waals surface area contributed by atoms with E-state index in [2.05, 4.69) is 21.2 Å². The number of amides is 2. The third-order valence-electron chi connectivity index (χ3n) is 7.11. The van der Waals surface area contributed by atoms with Crippen LogP contribution in [0.2, 0.25) is 0 Å². The van der Waals surface area contributed by atoms with Gasteiger partial charge in [-0.1, -0.05) is 83.5 Å². The molecule has 236 valence electrons. The van der Waals surface area contributed by atoms with Crippen molar-refractivity contribution in [3.8, 4) is 5.75 Å². The van der Waals surface area contributed by atoms with E-state index < -0.39 is 28.5 Å². The highest BCUT2D eigenvalue weighted by Crippen LogP contribution is 2.27. The van der Waals surface area contributed by atoms with E-state index in [4.69, 9.17) is 4.74 Å². The first-order valence-electron chi connectivity index (χ1n) is 14.9. The molecule has 0 saturated carbocycles. The Morgan fingerprint density at radius 1 is 0.844 bits per heavy atom. The number of halogens is 1. The summed E-state index contributed by atoms with van der Waals surface area (Å²) in [6, 6.07) is 30.7. The normalized spacial score (nSPS) is 11.8. The molecule has 0 saturated heterocycles. The lowest BCUT2D eigenvalue weighted by Crippen LogP contribution is -2.53. The van der Waals surface area contributed by atoms with Crippen molar-refractivity contribution >= 4 is 43.5 Å². The van der Waals surface area contributed by atoms with E-state index in [0.29, 0.717) is 24.6 Å². The summed E-state index contributed by atoms with van der Waals surface area (Å²) in [6.45, 7) is 4.30. The Balaban J connectivity index is 1.78.